The molecule has 1 aromatic carbocycles. The third-order valence-electron chi connectivity index (χ3n) is 5.09. The van der Waals surface area contributed by atoms with Crippen LogP contribution in [0.3, 0.4) is 0 Å². The molecule has 8 nitrogen and oxygen atoms in total. The van der Waals surface area contributed by atoms with Crippen molar-refractivity contribution < 1.29 is 14.3 Å². The minimum atomic E-state index is -0.373. The largest absolute Gasteiger partial charge is 0.462 e. The number of aryl methyl sites for hydroxylation is 1. The first kappa shape index (κ1) is 20.0. The Morgan fingerprint density at radius 3 is 3.00 bits per heavy atom. The molecule has 0 saturated heterocycles. The molecule has 0 bridgehead atoms. The predicted molar refractivity (Wildman–Crippen MR) is 121 cm³/mol. The number of aromatic nitrogens is 4. The van der Waals surface area contributed by atoms with E-state index in [1.165, 1.54) is 23.1 Å². The maximum Gasteiger partial charge on any atom is 0.341 e. The minimum Gasteiger partial charge on any atom is -0.462 e. The fraction of sp³-hybridized carbons (Fsp3) is 0.286. The van der Waals surface area contributed by atoms with Crippen LogP contribution in [0.2, 0.25) is 0 Å². The zero-order valence-corrected chi connectivity index (χ0v) is 18.4. The Hall–Kier alpha value is -2.98. The Balaban J connectivity index is 1.30. The molecule has 4 aromatic rings. The number of thioether (sulfide) groups is 1. The SMILES string of the molecule is CCOC(=O)c1c(NC(=O)CSc2nnc3c(n2)[nH]c2ccccc23)sc2c1CCC2. The molecule has 0 radical (unpaired) electrons. The monoisotopic (exact) mass is 453 g/mol. The van der Waals surface area contributed by atoms with Crippen LogP contribution in [0.25, 0.3) is 22.1 Å². The predicted octanol–water partition coefficient (Wildman–Crippen LogP) is 3.96. The first-order valence-electron chi connectivity index (χ1n) is 9.99. The van der Waals surface area contributed by atoms with Gasteiger partial charge in [-0.2, -0.15) is 0 Å². The summed E-state index contributed by atoms with van der Waals surface area (Å²) in [5, 5.41) is 13.2. The second-order valence-corrected chi connectivity index (χ2v) is 9.13. The number of rotatable bonds is 6. The summed E-state index contributed by atoms with van der Waals surface area (Å²) in [4.78, 5) is 33.9. The van der Waals surface area contributed by atoms with Crippen molar-refractivity contribution in [1.82, 2.24) is 20.2 Å². The van der Waals surface area contributed by atoms with E-state index < -0.39 is 0 Å². The van der Waals surface area contributed by atoms with E-state index in [9.17, 15) is 9.59 Å². The number of aromatic amines is 1. The van der Waals surface area contributed by atoms with Gasteiger partial charge in [0.15, 0.2) is 5.65 Å². The first-order chi connectivity index (χ1) is 15.1. The quantitative estimate of drug-likeness (QED) is 0.336. The van der Waals surface area contributed by atoms with Crippen LogP contribution < -0.4 is 5.32 Å². The van der Waals surface area contributed by atoms with Crippen LogP contribution in [0.15, 0.2) is 29.4 Å². The van der Waals surface area contributed by atoms with Gasteiger partial charge in [-0.1, -0.05) is 30.0 Å². The second-order valence-electron chi connectivity index (χ2n) is 7.08. The van der Waals surface area contributed by atoms with Crippen LogP contribution in [0, 0.1) is 0 Å². The summed E-state index contributed by atoms with van der Waals surface area (Å²) in [6.07, 6.45) is 2.80. The third-order valence-corrected chi connectivity index (χ3v) is 7.13. The molecule has 0 unspecified atom stereocenters. The number of nitrogens with one attached hydrogen (secondary N) is 2. The number of carbonyl (C=O) groups is 2. The molecule has 3 heterocycles. The molecule has 158 valence electrons. The van der Waals surface area contributed by atoms with Gasteiger partial charge < -0.3 is 15.0 Å². The molecule has 0 atom stereocenters. The summed E-state index contributed by atoms with van der Waals surface area (Å²) in [5.41, 5.74) is 3.81. The van der Waals surface area contributed by atoms with E-state index in [2.05, 4.69) is 25.5 Å². The van der Waals surface area contributed by atoms with Crippen molar-refractivity contribution in [2.45, 2.75) is 31.3 Å². The molecule has 0 aliphatic heterocycles. The average Bonchev–Trinajstić information content (AvgIpc) is 3.44. The summed E-state index contributed by atoms with van der Waals surface area (Å²) in [5.74, 6) is -0.490. The van der Waals surface area contributed by atoms with Gasteiger partial charge in [-0.25, -0.2) is 9.78 Å². The molecule has 10 heteroatoms. The van der Waals surface area contributed by atoms with Gasteiger partial charge in [-0.15, -0.1) is 21.5 Å². The van der Waals surface area contributed by atoms with Gasteiger partial charge in [0.1, 0.15) is 10.5 Å². The molecule has 2 N–H and O–H groups in total. The average molecular weight is 454 g/mol. The zero-order valence-electron chi connectivity index (χ0n) is 16.7. The minimum absolute atomic E-state index is 0.109. The lowest BCUT2D eigenvalue weighted by molar-refractivity contribution is -0.113. The van der Waals surface area contributed by atoms with Gasteiger partial charge in [0, 0.05) is 15.8 Å². The maximum absolute atomic E-state index is 12.6. The highest BCUT2D eigenvalue weighted by Gasteiger charge is 2.28. The lowest BCUT2D eigenvalue weighted by Crippen LogP contribution is -2.17. The van der Waals surface area contributed by atoms with E-state index in [1.807, 2.05) is 24.3 Å². The Kier molecular flexibility index (Phi) is 5.33. The van der Waals surface area contributed by atoms with E-state index >= 15 is 0 Å². The molecule has 31 heavy (non-hydrogen) atoms. The number of para-hydroxylation sites is 1. The van der Waals surface area contributed by atoms with Crippen LogP contribution in [-0.4, -0.2) is 44.4 Å². The van der Waals surface area contributed by atoms with E-state index in [1.54, 1.807) is 6.92 Å². The Labute approximate surface area is 185 Å². The van der Waals surface area contributed by atoms with Crippen molar-refractivity contribution in [3.8, 4) is 0 Å². The smallest absolute Gasteiger partial charge is 0.341 e. The standard InChI is InChI=1S/C21H19N5O3S2/c1-2-29-20(28)16-12-7-5-9-14(12)31-19(16)23-15(27)10-30-21-24-18-17(25-26-21)11-6-3-4-8-13(11)22-18/h3-4,6,8H,2,5,7,9-10H2,1H3,(H,23,27)(H,22,24,26). The van der Waals surface area contributed by atoms with Gasteiger partial charge in [-0.3, -0.25) is 4.79 Å². The highest BCUT2D eigenvalue weighted by molar-refractivity contribution is 7.99. The van der Waals surface area contributed by atoms with E-state index in [4.69, 9.17) is 4.74 Å². The van der Waals surface area contributed by atoms with Crippen molar-refractivity contribution in [2.24, 2.45) is 0 Å². The third kappa shape index (κ3) is 3.77. The summed E-state index contributed by atoms with van der Waals surface area (Å²) in [7, 11) is 0. The molecule has 1 amide bonds. The molecule has 1 aliphatic rings. The molecular weight excluding hydrogens is 434 g/mol. The number of fused-ring (bicyclic) bond motifs is 4. The van der Waals surface area contributed by atoms with Crippen LogP contribution in [0.4, 0.5) is 5.00 Å². The number of H-pyrrole nitrogens is 1. The molecule has 0 saturated carbocycles. The number of thiophene rings is 1. The number of amides is 1. The molecule has 3 aromatic heterocycles. The molecule has 1 aliphatic carbocycles. The fourth-order valence-electron chi connectivity index (χ4n) is 3.77. The normalized spacial score (nSPS) is 12.9. The second kappa shape index (κ2) is 8.27. The summed E-state index contributed by atoms with van der Waals surface area (Å²) < 4.78 is 5.21. The fourth-order valence-corrected chi connectivity index (χ4v) is 5.65. The van der Waals surface area contributed by atoms with Gasteiger partial charge >= 0.3 is 5.97 Å². The van der Waals surface area contributed by atoms with Crippen molar-refractivity contribution in [1.29, 1.82) is 0 Å². The Bertz CT molecular complexity index is 1310. The van der Waals surface area contributed by atoms with E-state index in [0.717, 1.165) is 40.6 Å². The highest BCUT2D eigenvalue weighted by atomic mass is 32.2. The number of esters is 1. The molecule has 5 rings (SSSR count). The lowest BCUT2D eigenvalue weighted by Gasteiger charge is -2.07. The van der Waals surface area contributed by atoms with Crippen LogP contribution in [0.5, 0.6) is 0 Å². The lowest BCUT2D eigenvalue weighted by atomic mass is 10.1. The number of benzene rings is 1. The van der Waals surface area contributed by atoms with Crippen LogP contribution >= 0.6 is 23.1 Å². The first-order valence-corrected chi connectivity index (χ1v) is 11.8. The number of anilines is 1. The van der Waals surface area contributed by atoms with Crippen LogP contribution in [0.1, 0.15) is 34.1 Å². The van der Waals surface area contributed by atoms with Crippen molar-refractivity contribution in [2.75, 3.05) is 17.7 Å². The number of nitrogens with zero attached hydrogens (tertiary/aromatic N) is 3. The molecular formula is C21H19N5O3S2. The van der Waals surface area contributed by atoms with Crippen molar-refractivity contribution in [3.05, 3.63) is 40.3 Å². The van der Waals surface area contributed by atoms with E-state index in [-0.39, 0.29) is 17.6 Å². The number of ether oxygens (including phenoxy) is 1. The zero-order chi connectivity index (χ0) is 21.4. The topological polar surface area (TPSA) is 110 Å². The van der Waals surface area contributed by atoms with E-state index in [0.29, 0.717) is 33.5 Å². The molecule has 0 fully saturated rings. The van der Waals surface area contributed by atoms with Gasteiger partial charge in [-0.05, 0) is 37.8 Å². The van der Waals surface area contributed by atoms with Gasteiger partial charge in [0.2, 0.25) is 11.1 Å². The molecule has 0 spiro atoms. The Morgan fingerprint density at radius 1 is 1.26 bits per heavy atom. The summed E-state index contributed by atoms with van der Waals surface area (Å²) in [6, 6.07) is 7.80. The summed E-state index contributed by atoms with van der Waals surface area (Å²) >= 11 is 2.67. The number of hydrogen-bond acceptors (Lipinski definition) is 8. The maximum atomic E-state index is 12.6. The Morgan fingerprint density at radius 2 is 2.13 bits per heavy atom. The van der Waals surface area contributed by atoms with Crippen molar-refractivity contribution in [3.63, 3.8) is 0 Å². The van der Waals surface area contributed by atoms with Gasteiger partial charge in [0.05, 0.1) is 17.9 Å². The van der Waals surface area contributed by atoms with Crippen LogP contribution in [-0.2, 0) is 22.4 Å². The van der Waals surface area contributed by atoms with Gasteiger partial charge in [0.25, 0.3) is 0 Å². The number of carbonyl (C=O) groups excluding carboxylic acids is 2. The number of hydrogen-bond donors (Lipinski definition) is 2. The van der Waals surface area contributed by atoms with Crippen molar-refractivity contribution >= 4 is 62.0 Å². The summed E-state index contributed by atoms with van der Waals surface area (Å²) in [6.45, 7) is 2.07. The highest BCUT2D eigenvalue weighted by Crippen LogP contribution is 2.39.